The van der Waals surface area contributed by atoms with Crippen molar-refractivity contribution < 1.29 is 0 Å². The standard InChI is InChI=1S/C12H20N4/c1-2-13-9-11-5-4-8-16(10-11)12-6-3-7-14-15-12/h3,6-7,11,13H,2,4-5,8-10H2,1H3. The third-order valence-corrected chi connectivity index (χ3v) is 3.08. The van der Waals surface area contributed by atoms with Crippen LogP contribution in [0, 0.1) is 5.92 Å². The van der Waals surface area contributed by atoms with Gasteiger partial charge in [-0.1, -0.05) is 6.92 Å². The molecule has 0 spiro atoms. The first kappa shape index (κ1) is 11.3. The van der Waals surface area contributed by atoms with Gasteiger partial charge in [-0.2, -0.15) is 5.10 Å². The summed E-state index contributed by atoms with van der Waals surface area (Å²) in [5, 5.41) is 11.5. The first-order valence-corrected chi connectivity index (χ1v) is 6.13. The van der Waals surface area contributed by atoms with Gasteiger partial charge in [-0.05, 0) is 44.0 Å². The van der Waals surface area contributed by atoms with Crippen LogP contribution in [0.5, 0.6) is 0 Å². The highest BCUT2D eigenvalue weighted by Crippen LogP contribution is 2.20. The van der Waals surface area contributed by atoms with Crippen molar-refractivity contribution in [1.82, 2.24) is 15.5 Å². The number of piperidine rings is 1. The molecule has 1 N–H and O–H groups in total. The van der Waals surface area contributed by atoms with Crippen molar-refractivity contribution in [2.24, 2.45) is 5.92 Å². The van der Waals surface area contributed by atoms with E-state index in [2.05, 4.69) is 27.3 Å². The minimum absolute atomic E-state index is 0.746. The molecule has 1 unspecified atom stereocenters. The number of hydrogen-bond acceptors (Lipinski definition) is 4. The van der Waals surface area contributed by atoms with Crippen LogP contribution in [-0.2, 0) is 0 Å². The second-order valence-corrected chi connectivity index (χ2v) is 4.34. The number of rotatable bonds is 4. The topological polar surface area (TPSA) is 41.0 Å². The van der Waals surface area contributed by atoms with E-state index in [0.717, 1.165) is 37.9 Å². The van der Waals surface area contributed by atoms with Gasteiger partial charge in [0.25, 0.3) is 0 Å². The Hall–Kier alpha value is -1.16. The zero-order chi connectivity index (χ0) is 11.2. The summed E-state index contributed by atoms with van der Waals surface area (Å²) >= 11 is 0. The van der Waals surface area contributed by atoms with Crippen LogP contribution in [0.15, 0.2) is 18.3 Å². The Morgan fingerprint density at radius 1 is 1.56 bits per heavy atom. The molecule has 1 fully saturated rings. The zero-order valence-corrected chi connectivity index (χ0v) is 9.89. The van der Waals surface area contributed by atoms with Gasteiger partial charge in [-0.25, -0.2) is 0 Å². The molecule has 0 saturated carbocycles. The summed E-state index contributed by atoms with van der Waals surface area (Å²) in [6, 6.07) is 4.00. The molecule has 0 bridgehead atoms. The molecule has 0 amide bonds. The summed E-state index contributed by atoms with van der Waals surface area (Å²) in [4.78, 5) is 2.35. The molecule has 0 aromatic carbocycles. The van der Waals surface area contributed by atoms with Crippen LogP contribution in [0.25, 0.3) is 0 Å². The van der Waals surface area contributed by atoms with E-state index in [4.69, 9.17) is 0 Å². The Kier molecular flexibility index (Phi) is 4.10. The summed E-state index contributed by atoms with van der Waals surface area (Å²) in [7, 11) is 0. The lowest BCUT2D eigenvalue weighted by Gasteiger charge is -2.33. The van der Waals surface area contributed by atoms with E-state index in [9.17, 15) is 0 Å². The summed E-state index contributed by atoms with van der Waals surface area (Å²) in [5.74, 6) is 1.76. The maximum Gasteiger partial charge on any atom is 0.151 e. The minimum Gasteiger partial charge on any atom is -0.355 e. The molecule has 1 aliphatic heterocycles. The van der Waals surface area contributed by atoms with Gasteiger partial charge in [0.05, 0.1) is 0 Å². The number of nitrogens with zero attached hydrogens (tertiary/aromatic N) is 3. The molecule has 0 radical (unpaired) electrons. The Balaban J connectivity index is 1.91. The lowest BCUT2D eigenvalue weighted by molar-refractivity contribution is 0.393. The van der Waals surface area contributed by atoms with E-state index in [-0.39, 0.29) is 0 Å². The molecule has 0 aliphatic carbocycles. The van der Waals surface area contributed by atoms with Crippen LogP contribution < -0.4 is 10.2 Å². The molecule has 4 heteroatoms. The molecule has 88 valence electrons. The van der Waals surface area contributed by atoms with E-state index < -0.39 is 0 Å². The van der Waals surface area contributed by atoms with Crippen molar-refractivity contribution in [3.63, 3.8) is 0 Å². The average molecular weight is 220 g/mol. The summed E-state index contributed by atoms with van der Waals surface area (Å²) < 4.78 is 0. The highest BCUT2D eigenvalue weighted by atomic mass is 15.3. The molecule has 1 aromatic rings. The van der Waals surface area contributed by atoms with E-state index in [1.807, 2.05) is 12.1 Å². The number of nitrogens with one attached hydrogen (secondary N) is 1. The SMILES string of the molecule is CCNCC1CCCN(c2cccnn2)C1. The van der Waals surface area contributed by atoms with Crippen molar-refractivity contribution in [2.75, 3.05) is 31.1 Å². The maximum atomic E-state index is 4.17. The average Bonchev–Trinajstić information content (AvgIpc) is 2.38. The van der Waals surface area contributed by atoms with Crippen molar-refractivity contribution in [3.8, 4) is 0 Å². The molecule has 1 atom stereocenters. The number of anilines is 1. The van der Waals surface area contributed by atoms with Crippen molar-refractivity contribution in [2.45, 2.75) is 19.8 Å². The smallest absolute Gasteiger partial charge is 0.151 e. The van der Waals surface area contributed by atoms with Gasteiger partial charge in [0.1, 0.15) is 0 Å². The van der Waals surface area contributed by atoms with Gasteiger partial charge in [0.15, 0.2) is 5.82 Å². The van der Waals surface area contributed by atoms with Gasteiger partial charge in [-0.15, -0.1) is 5.10 Å². The van der Waals surface area contributed by atoms with E-state index in [1.165, 1.54) is 12.8 Å². The first-order chi connectivity index (χ1) is 7.90. The monoisotopic (exact) mass is 220 g/mol. The predicted molar refractivity (Wildman–Crippen MR) is 65.5 cm³/mol. The summed E-state index contributed by atoms with van der Waals surface area (Å²) in [5.41, 5.74) is 0. The lowest BCUT2D eigenvalue weighted by Crippen LogP contribution is -2.40. The van der Waals surface area contributed by atoms with Gasteiger partial charge in [0.2, 0.25) is 0 Å². The molecule has 1 aliphatic rings. The van der Waals surface area contributed by atoms with E-state index >= 15 is 0 Å². The quantitative estimate of drug-likeness (QED) is 0.830. The molecule has 1 saturated heterocycles. The summed E-state index contributed by atoms with van der Waals surface area (Å²) in [6.45, 7) is 6.55. The second kappa shape index (κ2) is 5.80. The van der Waals surface area contributed by atoms with Crippen molar-refractivity contribution in [3.05, 3.63) is 18.3 Å². The molecule has 4 nitrogen and oxygen atoms in total. The van der Waals surface area contributed by atoms with Crippen LogP contribution in [0.3, 0.4) is 0 Å². The fourth-order valence-corrected chi connectivity index (χ4v) is 2.25. The number of aromatic nitrogens is 2. The highest BCUT2D eigenvalue weighted by molar-refractivity contribution is 5.36. The molecule has 2 rings (SSSR count). The van der Waals surface area contributed by atoms with E-state index in [1.54, 1.807) is 6.20 Å². The minimum atomic E-state index is 0.746. The second-order valence-electron chi connectivity index (χ2n) is 4.34. The lowest BCUT2D eigenvalue weighted by atomic mass is 9.98. The van der Waals surface area contributed by atoms with Gasteiger partial charge in [0, 0.05) is 19.3 Å². The van der Waals surface area contributed by atoms with Crippen LogP contribution in [0.1, 0.15) is 19.8 Å². The van der Waals surface area contributed by atoms with Crippen LogP contribution >= 0.6 is 0 Å². The van der Waals surface area contributed by atoms with E-state index in [0.29, 0.717) is 0 Å². The predicted octanol–water partition coefficient (Wildman–Crippen LogP) is 1.30. The summed E-state index contributed by atoms with van der Waals surface area (Å²) in [6.07, 6.45) is 4.31. The van der Waals surface area contributed by atoms with Gasteiger partial charge >= 0.3 is 0 Å². The maximum absolute atomic E-state index is 4.17. The Labute approximate surface area is 97.1 Å². The fraction of sp³-hybridized carbons (Fsp3) is 0.667. The van der Waals surface area contributed by atoms with Gasteiger partial charge < -0.3 is 10.2 Å². The normalized spacial score (nSPS) is 21.1. The van der Waals surface area contributed by atoms with Gasteiger partial charge in [-0.3, -0.25) is 0 Å². The molecular formula is C12H20N4. The van der Waals surface area contributed by atoms with Crippen LogP contribution in [0.4, 0.5) is 5.82 Å². The first-order valence-electron chi connectivity index (χ1n) is 6.13. The van der Waals surface area contributed by atoms with Crippen molar-refractivity contribution >= 4 is 5.82 Å². The van der Waals surface area contributed by atoms with Crippen LogP contribution in [-0.4, -0.2) is 36.4 Å². The molecule has 2 heterocycles. The largest absolute Gasteiger partial charge is 0.355 e. The fourth-order valence-electron chi connectivity index (χ4n) is 2.25. The zero-order valence-electron chi connectivity index (χ0n) is 9.89. The third kappa shape index (κ3) is 2.92. The number of hydrogen-bond donors (Lipinski definition) is 1. The Morgan fingerprint density at radius 2 is 2.50 bits per heavy atom. The molecule has 16 heavy (non-hydrogen) atoms. The molecular weight excluding hydrogens is 200 g/mol. The van der Waals surface area contributed by atoms with Crippen molar-refractivity contribution in [1.29, 1.82) is 0 Å². The molecule has 1 aromatic heterocycles. The Bertz CT molecular complexity index is 301. The highest BCUT2D eigenvalue weighted by Gasteiger charge is 2.20. The third-order valence-electron chi connectivity index (χ3n) is 3.08. The van der Waals surface area contributed by atoms with Crippen LogP contribution in [0.2, 0.25) is 0 Å². The Morgan fingerprint density at radius 3 is 3.25 bits per heavy atom.